The zero-order chi connectivity index (χ0) is 13.1. The molecule has 18 heavy (non-hydrogen) atoms. The van der Waals surface area contributed by atoms with Gasteiger partial charge < -0.3 is 9.84 Å². The summed E-state index contributed by atoms with van der Waals surface area (Å²) >= 11 is 0. The van der Waals surface area contributed by atoms with Gasteiger partial charge in [-0.05, 0) is 12.1 Å². The van der Waals surface area contributed by atoms with E-state index in [0.717, 1.165) is 11.6 Å². The van der Waals surface area contributed by atoms with Crippen molar-refractivity contribution in [3.05, 3.63) is 47.5 Å². The van der Waals surface area contributed by atoms with E-state index >= 15 is 0 Å². The van der Waals surface area contributed by atoms with Crippen molar-refractivity contribution in [2.45, 2.75) is 6.61 Å². The van der Waals surface area contributed by atoms with E-state index in [1.807, 2.05) is 0 Å². The van der Waals surface area contributed by atoms with Crippen molar-refractivity contribution in [3.8, 4) is 5.75 Å². The van der Waals surface area contributed by atoms with Crippen molar-refractivity contribution in [1.29, 1.82) is 0 Å². The summed E-state index contributed by atoms with van der Waals surface area (Å²) < 4.78 is 20.3. The standard InChI is InChI=1S/C12H11FN2O3/c1-15-6-8(5-14-15)7-18-10-4-2-3-9(13)11(10)12(16)17/h2-6H,7H2,1H3,(H,16,17). The van der Waals surface area contributed by atoms with Gasteiger partial charge in [-0.1, -0.05) is 6.07 Å². The second-order valence-electron chi connectivity index (χ2n) is 3.73. The van der Waals surface area contributed by atoms with E-state index in [2.05, 4.69) is 5.10 Å². The van der Waals surface area contributed by atoms with Gasteiger partial charge in [0, 0.05) is 18.8 Å². The number of hydrogen-bond acceptors (Lipinski definition) is 3. The number of benzene rings is 1. The highest BCUT2D eigenvalue weighted by Gasteiger charge is 2.16. The summed E-state index contributed by atoms with van der Waals surface area (Å²) in [6.45, 7) is 0.136. The van der Waals surface area contributed by atoms with Gasteiger partial charge in [0.1, 0.15) is 23.7 Å². The zero-order valence-electron chi connectivity index (χ0n) is 9.63. The third-order valence-electron chi connectivity index (χ3n) is 2.34. The summed E-state index contributed by atoms with van der Waals surface area (Å²) in [6, 6.07) is 3.91. The number of nitrogens with zero attached hydrogens (tertiary/aromatic N) is 2. The summed E-state index contributed by atoms with van der Waals surface area (Å²) in [5, 5.41) is 12.9. The Morgan fingerprint density at radius 2 is 2.33 bits per heavy atom. The fourth-order valence-corrected chi connectivity index (χ4v) is 1.54. The number of halogens is 1. The van der Waals surface area contributed by atoms with E-state index in [1.165, 1.54) is 12.1 Å². The normalized spacial score (nSPS) is 10.3. The molecule has 94 valence electrons. The molecular formula is C12H11FN2O3. The van der Waals surface area contributed by atoms with E-state index in [1.54, 1.807) is 24.1 Å². The van der Waals surface area contributed by atoms with Crippen LogP contribution < -0.4 is 4.74 Å². The Morgan fingerprint density at radius 1 is 1.56 bits per heavy atom. The molecule has 1 N–H and O–H groups in total. The molecule has 0 atom stereocenters. The van der Waals surface area contributed by atoms with Crippen molar-refractivity contribution < 1.29 is 19.0 Å². The largest absolute Gasteiger partial charge is 0.488 e. The first kappa shape index (κ1) is 12.1. The molecule has 2 aromatic rings. The average Bonchev–Trinajstić information content (AvgIpc) is 2.72. The minimum atomic E-state index is -1.35. The van der Waals surface area contributed by atoms with Crippen LogP contribution in [0.3, 0.4) is 0 Å². The van der Waals surface area contributed by atoms with E-state index < -0.39 is 17.3 Å². The lowest BCUT2D eigenvalue weighted by Crippen LogP contribution is -2.05. The minimum Gasteiger partial charge on any atom is -0.488 e. The fourth-order valence-electron chi connectivity index (χ4n) is 1.54. The fraction of sp³-hybridized carbons (Fsp3) is 0.167. The van der Waals surface area contributed by atoms with Gasteiger partial charge in [0.15, 0.2) is 0 Å². The predicted molar refractivity (Wildman–Crippen MR) is 60.9 cm³/mol. The zero-order valence-corrected chi connectivity index (χ0v) is 9.63. The molecule has 0 aliphatic rings. The molecule has 0 aliphatic carbocycles. The van der Waals surface area contributed by atoms with Crippen LogP contribution in [-0.2, 0) is 13.7 Å². The SMILES string of the molecule is Cn1cc(COc2cccc(F)c2C(=O)O)cn1. The maximum atomic E-state index is 13.4. The highest BCUT2D eigenvalue weighted by molar-refractivity contribution is 5.91. The summed E-state index contributed by atoms with van der Waals surface area (Å²) in [5.74, 6) is -2.16. The molecule has 0 saturated heterocycles. The van der Waals surface area contributed by atoms with E-state index in [0.29, 0.717) is 0 Å². The van der Waals surface area contributed by atoms with Gasteiger partial charge in [-0.2, -0.15) is 5.10 Å². The van der Waals surface area contributed by atoms with Crippen LogP contribution in [0.25, 0.3) is 0 Å². The molecule has 0 unspecified atom stereocenters. The number of carboxylic acid groups (broad SMARTS) is 1. The average molecular weight is 250 g/mol. The van der Waals surface area contributed by atoms with Gasteiger partial charge in [-0.25, -0.2) is 9.18 Å². The maximum Gasteiger partial charge on any atom is 0.342 e. The van der Waals surface area contributed by atoms with Crippen LogP contribution in [-0.4, -0.2) is 20.9 Å². The summed E-state index contributed by atoms with van der Waals surface area (Å²) in [5.41, 5.74) is 0.319. The van der Waals surface area contributed by atoms with Crippen molar-refractivity contribution in [2.75, 3.05) is 0 Å². The van der Waals surface area contributed by atoms with Crippen LogP contribution in [0, 0.1) is 5.82 Å². The van der Waals surface area contributed by atoms with E-state index in [-0.39, 0.29) is 12.4 Å². The quantitative estimate of drug-likeness (QED) is 0.899. The van der Waals surface area contributed by atoms with Crippen LogP contribution in [0.1, 0.15) is 15.9 Å². The van der Waals surface area contributed by atoms with Crippen LogP contribution >= 0.6 is 0 Å². The van der Waals surface area contributed by atoms with Gasteiger partial charge in [-0.15, -0.1) is 0 Å². The molecule has 1 aromatic carbocycles. The van der Waals surface area contributed by atoms with Gasteiger partial charge in [0.2, 0.25) is 0 Å². The van der Waals surface area contributed by atoms with Gasteiger partial charge in [0.05, 0.1) is 6.20 Å². The molecular weight excluding hydrogens is 239 g/mol. The Hall–Kier alpha value is -2.37. The molecule has 1 heterocycles. The third kappa shape index (κ3) is 2.48. The summed E-state index contributed by atoms with van der Waals surface area (Å²) in [4.78, 5) is 10.9. The number of aryl methyl sites for hydroxylation is 1. The molecule has 0 spiro atoms. The number of carboxylic acids is 1. The molecule has 6 heteroatoms. The molecule has 2 rings (SSSR count). The van der Waals surface area contributed by atoms with Crippen LogP contribution in [0.2, 0.25) is 0 Å². The van der Waals surface area contributed by atoms with Crippen molar-refractivity contribution >= 4 is 5.97 Å². The Morgan fingerprint density at radius 3 is 2.94 bits per heavy atom. The Kier molecular flexibility index (Phi) is 3.27. The first-order valence-corrected chi connectivity index (χ1v) is 5.20. The Labute approximate surface area is 102 Å². The summed E-state index contributed by atoms with van der Waals surface area (Å²) in [6.07, 6.45) is 3.33. The van der Waals surface area contributed by atoms with Crippen molar-refractivity contribution in [2.24, 2.45) is 7.05 Å². The number of ether oxygens (including phenoxy) is 1. The van der Waals surface area contributed by atoms with Gasteiger partial charge >= 0.3 is 5.97 Å². The number of aromatic carboxylic acids is 1. The molecule has 0 bridgehead atoms. The second-order valence-corrected chi connectivity index (χ2v) is 3.73. The number of aromatic nitrogens is 2. The highest BCUT2D eigenvalue weighted by Crippen LogP contribution is 2.22. The lowest BCUT2D eigenvalue weighted by atomic mass is 10.2. The van der Waals surface area contributed by atoms with Crippen LogP contribution in [0.4, 0.5) is 4.39 Å². The van der Waals surface area contributed by atoms with Gasteiger partial charge in [-0.3, -0.25) is 4.68 Å². The molecule has 0 fully saturated rings. The summed E-state index contributed by atoms with van der Waals surface area (Å²) in [7, 11) is 1.76. The molecule has 5 nitrogen and oxygen atoms in total. The molecule has 0 radical (unpaired) electrons. The lowest BCUT2D eigenvalue weighted by molar-refractivity contribution is 0.0686. The molecule has 0 amide bonds. The number of hydrogen-bond donors (Lipinski definition) is 1. The molecule has 0 saturated carbocycles. The molecule has 0 aliphatic heterocycles. The minimum absolute atomic E-state index is 0.00588. The van der Waals surface area contributed by atoms with Crippen molar-refractivity contribution in [1.82, 2.24) is 9.78 Å². The number of carbonyl (C=O) groups is 1. The first-order chi connectivity index (χ1) is 8.58. The monoisotopic (exact) mass is 250 g/mol. The predicted octanol–water partition coefficient (Wildman–Crippen LogP) is 1.84. The number of rotatable bonds is 4. The van der Waals surface area contributed by atoms with E-state index in [9.17, 15) is 9.18 Å². The van der Waals surface area contributed by atoms with E-state index in [4.69, 9.17) is 9.84 Å². The van der Waals surface area contributed by atoms with Gasteiger partial charge in [0.25, 0.3) is 0 Å². The Bertz CT molecular complexity index is 580. The second kappa shape index (κ2) is 4.87. The highest BCUT2D eigenvalue weighted by atomic mass is 19.1. The Balaban J connectivity index is 2.19. The lowest BCUT2D eigenvalue weighted by Gasteiger charge is -2.08. The molecule has 1 aromatic heterocycles. The van der Waals surface area contributed by atoms with Crippen LogP contribution in [0.15, 0.2) is 30.6 Å². The third-order valence-corrected chi connectivity index (χ3v) is 2.34. The van der Waals surface area contributed by atoms with Crippen molar-refractivity contribution in [3.63, 3.8) is 0 Å². The smallest absolute Gasteiger partial charge is 0.342 e. The maximum absolute atomic E-state index is 13.4. The van der Waals surface area contributed by atoms with Crippen LogP contribution in [0.5, 0.6) is 5.75 Å². The topological polar surface area (TPSA) is 64.3 Å². The first-order valence-electron chi connectivity index (χ1n) is 5.20.